The average Bonchev–Trinajstić information content (AvgIpc) is 2.91. The number of nitrogens with one attached hydrogen (secondary N) is 2. The first-order chi connectivity index (χ1) is 11.5. The summed E-state index contributed by atoms with van der Waals surface area (Å²) in [7, 11) is 0. The molecule has 2 heterocycles. The third kappa shape index (κ3) is 2.91. The Hall–Kier alpha value is -3.00. The lowest BCUT2D eigenvalue weighted by atomic mass is 10.1. The fourth-order valence-electron chi connectivity index (χ4n) is 2.32. The first-order valence-corrected chi connectivity index (χ1v) is 7.86. The summed E-state index contributed by atoms with van der Waals surface area (Å²) in [6.07, 6.45) is 1.31. The Labute approximate surface area is 140 Å². The first kappa shape index (κ1) is 15.9. The van der Waals surface area contributed by atoms with Crippen LogP contribution in [-0.2, 0) is 6.54 Å². The second-order valence-corrected chi connectivity index (χ2v) is 6.15. The number of fused-ring (bicyclic) bond motifs is 1. The van der Waals surface area contributed by atoms with Crippen molar-refractivity contribution < 1.29 is 14.7 Å². The van der Waals surface area contributed by atoms with E-state index < -0.39 is 5.97 Å². The lowest BCUT2D eigenvalue weighted by Gasteiger charge is -2.05. The molecule has 0 radical (unpaired) electrons. The fourth-order valence-corrected chi connectivity index (χ4v) is 3.39. The van der Waals surface area contributed by atoms with Gasteiger partial charge < -0.3 is 15.4 Å². The lowest BCUT2D eigenvalue weighted by Crippen LogP contribution is -2.22. The molecule has 2 aromatic heterocycles. The van der Waals surface area contributed by atoms with Crippen LogP contribution in [0.5, 0.6) is 0 Å². The fraction of sp³-hybridized carbons (Fsp3) is 0.125. The third-order valence-electron chi connectivity index (χ3n) is 3.59. The quantitative estimate of drug-likeness (QED) is 0.670. The Morgan fingerprint density at radius 2 is 2.00 bits per heavy atom. The van der Waals surface area contributed by atoms with E-state index in [1.54, 1.807) is 19.1 Å². The molecule has 0 saturated carbocycles. The monoisotopic (exact) mass is 343 g/mol. The Morgan fingerprint density at radius 3 is 2.62 bits per heavy atom. The van der Waals surface area contributed by atoms with Gasteiger partial charge in [-0.3, -0.25) is 9.59 Å². The van der Waals surface area contributed by atoms with Crippen LogP contribution in [0, 0.1) is 6.92 Å². The van der Waals surface area contributed by atoms with E-state index >= 15 is 0 Å². The van der Waals surface area contributed by atoms with Crippen LogP contribution >= 0.6 is 11.3 Å². The Balaban J connectivity index is 1.78. The topological polar surface area (TPSA) is 112 Å². The van der Waals surface area contributed by atoms with Crippen molar-refractivity contribution in [1.29, 1.82) is 0 Å². The minimum Gasteiger partial charge on any atom is -0.478 e. The number of rotatable bonds is 4. The van der Waals surface area contributed by atoms with Crippen molar-refractivity contribution >= 4 is 33.4 Å². The Kier molecular flexibility index (Phi) is 4.13. The van der Waals surface area contributed by atoms with Crippen molar-refractivity contribution in [2.45, 2.75) is 13.5 Å². The molecule has 1 amide bonds. The van der Waals surface area contributed by atoms with E-state index in [-0.39, 0.29) is 23.6 Å². The summed E-state index contributed by atoms with van der Waals surface area (Å²) >= 11 is 1.17. The van der Waals surface area contributed by atoms with Crippen LogP contribution in [-0.4, -0.2) is 27.0 Å². The van der Waals surface area contributed by atoms with Crippen LogP contribution in [0.25, 0.3) is 10.2 Å². The van der Waals surface area contributed by atoms with Crippen molar-refractivity contribution in [3.8, 4) is 0 Å². The van der Waals surface area contributed by atoms with Crippen LogP contribution in [0.1, 0.15) is 31.2 Å². The molecule has 0 aliphatic carbocycles. The normalized spacial score (nSPS) is 10.7. The van der Waals surface area contributed by atoms with Gasteiger partial charge >= 0.3 is 5.97 Å². The molecule has 8 heteroatoms. The van der Waals surface area contributed by atoms with Crippen LogP contribution in [0.2, 0.25) is 0 Å². The number of aryl methyl sites for hydroxylation is 1. The molecule has 0 atom stereocenters. The van der Waals surface area contributed by atoms with E-state index in [9.17, 15) is 14.4 Å². The predicted molar refractivity (Wildman–Crippen MR) is 89.5 cm³/mol. The summed E-state index contributed by atoms with van der Waals surface area (Å²) in [4.78, 5) is 42.5. The number of carboxylic acids is 1. The Bertz CT molecular complexity index is 989. The van der Waals surface area contributed by atoms with Gasteiger partial charge in [-0.2, -0.15) is 0 Å². The van der Waals surface area contributed by atoms with Gasteiger partial charge in [0, 0.05) is 6.54 Å². The highest BCUT2D eigenvalue weighted by molar-refractivity contribution is 7.20. The molecule has 3 aromatic rings. The number of amides is 1. The Morgan fingerprint density at radius 1 is 1.29 bits per heavy atom. The smallest absolute Gasteiger partial charge is 0.335 e. The molecule has 0 aliphatic rings. The SMILES string of the molecule is Cc1c(C(=O)NCc2ccc(C(=O)O)cc2)sc2nc[nH]c(=O)c12. The van der Waals surface area contributed by atoms with E-state index in [2.05, 4.69) is 15.3 Å². The molecule has 0 bridgehead atoms. The summed E-state index contributed by atoms with van der Waals surface area (Å²) in [6.45, 7) is 1.97. The van der Waals surface area contributed by atoms with Crippen LogP contribution in [0.4, 0.5) is 0 Å². The molecule has 3 N–H and O–H groups in total. The van der Waals surface area contributed by atoms with Gasteiger partial charge in [0.05, 0.1) is 22.2 Å². The van der Waals surface area contributed by atoms with Gasteiger partial charge in [-0.15, -0.1) is 11.3 Å². The zero-order valence-electron chi connectivity index (χ0n) is 12.6. The second kappa shape index (κ2) is 6.25. The highest BCUT2D eigenvalue weighted by Gasteiger charge is 2.18. The number of aromatic nitrogens is 2. The zero-order chi connectivity index (χ0) is 17.3. The number of hydrogen-bond donors (Lipinski definition) is 3. The number of aromatic amines is 1. The maximum Gasteiger partial charge on any atom is 0.335 e. The maximum atomic E-state index is 12.4. The van der Waals surface area contributed by atoms with Crippen molar-refractivity contribution in [1.82, 2.24) is 15.3 Å². The van der Waals surface area contributed by atoms with Gasteiger partial charge in [0.25, 0.3) is 11.5 Å². The highest BCUT2D eigenvalue weighted by Crippen LogP contribution is 2.26. The number of hydrogen-bond acceptors (Lipinski definition) is 5. The molecule has 1 aromatic carbocycles. The molecule has 7 nitrogen and oxygen atoms in total. The number of carbonyl (C=O) groups is 2. The van der Waals surface area contributed by atoms with Crippen molar-refractivity contribution in [3.63, 3.8) is 0 Å². The van der Waals surface area contributed by atoms with Crippen molar-refractivity contribution in [3.05, 3.63) is 62.5 Å². The number of carboxylic acid groups (broad SMARTS) is 1. The maximum absolute atomic E-state index is 12.4. The molecule has 0 aliphatic heterocycles. The highest BCUT2D eigenvalue weighted by atomic mass is 32.1. The van der Waals surface area contributed by atoms with E-state index in [1.807, 2.05) is 0 Å². The van der Waals surface area contributed by atoms with E-state index in [1.165, 1.54) is 29.8 Å². The van der Waals surface area contributed by atoms with Gasteiger partial charge in [0.15, 0.2) is 0 Å². The van der Waals surface area contributed by atoms with Gasteiger partial charge in [-0.05, 0) is 30.2 Å². The number of H-pyrrole nitrogens is 1. The van der Waals surface area contributed by atoms with Gasteiger partial charge in [-0.25, -0.2) is 9.78 Å². The number of thiophene rings is 1. The molecule has 0 unspecified atom stereocenters. The minimum atomic E-state index is -0.996. The summed E-state index contributed by atoms with van der Waals surface area (Å²) in [5.74, 6) is -1.29. The first-order valence-electron chi connectivity index (χ1n) is 7.04. The summed E-state index contributed by atoms with van der Waals surface area (Å²) in [5.41, 5.74) is 1.30. The number of nitrogens with zero attached hydrogens (tertiary/aromatic N) is 1. The molecular formula is C16H13N3O4S. The number of benzene rings is 1. The van der Waals surface area contributed by atoms with Gasteiger partial charge in [-0.1, -0.05) is 12.1 Å². The molecule has 0 fully saturated rings. The minimum absolute atomic E-state index is 0.190. The summed E-state index contributed by atoms with van der Waals surface area (Å²) in [6, 6.07) is 6.26. The van der Waals surface area contributed by atoms with Gasteiger partial charge in [0.1, 0.15) is 4.83 Å². The zero-order valence-corrected chi connectivity index (χ0v) is 13.4. The number of carbonyl (C=O) groups excluding carboxylic acids is 1. The predicted octanol–water partition coefficient (Wildman–Crippen LogP) is 1.92. The van der Waals surface area contributed by atoms with Crippen LogP contribution < -0.4 is 10.9 Å². The molecule has 0 saturated heterocycles. The second-order valence-electron chi connectivity index (χ2n) is 5.15. The summed E-state index contributed by atoms with van der Waals surface area (Å²) in [5, 5.41) is 12.1. The van der Waals surface area contributed by atoms with Crippen LogP contribution in [0.3, 0.4) is 0 Å². The third-order valence-corrected chi connectivity index (χ3v) is 4.79. The lowest BCUT2D eigenvalue weighted by molar-refractivity contribution is 0.0696. The van der Waals surface area contributed by atoms with E-state index in [0.29, 0.717) is 20.7 Å². The van der Waals surface area contributed by atoms with E-state index in [0.717, 1.165) is 5.56 Å². The van der Waals surface area contributed by atoms with Gasteiger partial charge in [0.2, 0.25) is 0 Å². The average molecular weight is 343 g/mol. The van der Waals surface area contributed by atoms with Crippen molar-refractivity contribution in [2.75, 3.05) is 0 Å². The van der Waals surface area contributed by atoms with Crippen molar-refractivity contribution in [2.24, 2.45) is 0 Å². The van der Waals surface area contributed by atoms with Crippen LogP contribution in [0.15, 0.2) is 35.4 Å². The molecule has 24 heavy (non-hydrogen) atoms. The molecule has 122 valence electrons. The van der Waals surface area contributed by atoms with E-state index in [4.69, 9.17) is 5.11 Å². The number of aromatic carboxylic acids is 1. The largest absolute Gasteiger partial charge is 0.478 e. The molecule has 3 rings (SSSR count). The molecular weight excluding hydrogens is 330 g/mol. The summed E-state index contributed by atoms with van der Waals surface area (Å²) < 4.78 is 0. The standard InChI is InChI=1S/C16H13N3O4S/c1-8-11-13(20)18-7-19-15(11)24-12(8)14(21)17-6-9-2-4-10(5-3-9)16(22)23/h2-5,7H,6H2,1H3,(H,17,21)(H,22,23)(H,18,19,20). The molecule has 0 spiro atoms.